The number of hydrogen-bond donors (Lipinski definition) is 0. The fraction of sp³-hybridized carbons (Fsp3) is 0.278. The highest BCUT2D eigenvalue weighted by molar-refractivity contribution is 7.18. The van der Waals surface area contributed by atoms with Crippen LogP contribution in [0.4, 0.5) is 11.4 Å². The van der Waals surface area contributed by atoms with Crippen molar-refractivity contribution in [2.24, 2.45) is 0 Å². The Morgan fingerprint density at radius 3 is 2.52 bits per heavy atom. The Kier molecular flexibility index (Phi) is 4.33. The molecule has 1 aliphatic heterocycles. The molecule has 0 N–H and O–H groups in total. The molecule has 0 amide bonds. The highest BCUT2D eigenvalue weighted by atomic mass is 32.1. The summed E-state index contributed by atoms with van der Waals surface area (Å²) >= 11 is 1.74. The van der Waals surface area contributed by atoms with E-state index in [9.17, 15) is 10.1 Å². The highest BCUT2D eigenvalue weighted by Gasteiger charge is 2.23. The molecule has 4 rings (SSSR count). The average molecular weight is 354 g/mol. The molecule has 7 heteroatoms. The Bertz CT molecular complexity index is 870. The molecule has 6 nitrogen and oxygen atoms in total. The minimum Gasteiger partial charge on any atom is -0.363 e. The van der Waals surface area contributed by atoms with Gasteiger partial charge in [-0.25, -0.2) is 4.98 Å². The quantitative estimate of drug-likeness (QED) is 0.530. The van der Waals surface area contributed by atoms with Crippen molar-refractivity contribution in [2.75, 3.05) is 31.1 Å². The summed E-state index contributed by atoms with van der Waals surface area (Å²) in [5, 5.41) is 12.3. The van der Waals surface area contributed by atoms with Crippen LogP contribution in [0.25, 0.3) is 10.2 Å². The molecule has 0 spiro atoms. The van der Waals surface area contributed by atoms with Gasteiger partial charge in [0.05, 0.1) is 21.7 Å². The summed E-state index contributed by atoms with van der Waals surface area (Å²) in [7, 11) is 0. The number of hydrogen-bond acceptors (Lipinski definition) is 6. The molecule has 1 fully saturated rings. The lowest BCUT2D eigenvalue weighted by molar-refractivity contribution is -0.384. The fourth-order valence-corrected chi connectivity index (χ4v) is 4.22. The lowest BCUT2D eigenvalue weighted by Crippen LogP contribution is -2.46. The number of aromatic nitrogens is 1. The molecule has 0 radical (unpaired) electrons. The van der Waals surface area contributed by atoms with Crippen LogP contribution in [-0.4, -0.2) is 41.0 Å². The second kappa shape index (κ2) is 6.78. The van der Waals surface area contributed by atoms with E-state index in [1.807, 2.05) is 30.3 Å². The minimum atomic E-state index is -0.303. The third-order valence-corrected chi connectivity index (χ3v) is 5.51. The van der Waals surface area contributed by atoms with E-state index in [0.29, 0.717) is 5.69 Å². The van der Waals surface area contributed by atoms with E-state index in [2.05, 4.69) is 15.9 Å². The lowest BCUT2D eigenvalue weighted by Gasteiger charge is -2.35. The van der Waals surface area contributed by atoms with E-state index in [1.165, 1.54) is 4.70 Å². The summed E-state index contributed by atoms with van der Waals surface area (Å²) in [6, 6.07) is 15.2. The number of benzene rings is 2. The molecule has 2 aromatic carbocycles. The first-order chi connectivity index (χ1) is 12.2. The van der Waals surface area contributed by atoms with Gasteiger partial charge in [0.2, 0.25) is 0 Å². The molecule has 0 atom stereocenters. The Hall–Kier alpha value is -2.51. The monoisotopic (exact) mass is 354 g/mol. The molecule has 128 valence electrons. The molecule has 0 aliphatic carbocycles. The van der Waals surface area contributed by atoms with Crippen LogP contribution in [0.2, 0.25) is 0 Å². The third-order valence-electron chi connectivity index (χ3n) is 4.49. The van der Waals surface area contributed by atoms with Gasteiger partial charge >= 0.3 is 0 Å². The number of rotatable bonds is 4. The second-order valence-corrected chi connectivity index (χ2v) is 7.20. The van der Waals surface area contributed by atoms with Gasteiger partial charge < -0.3 is 4.90 Å². The first-order valence-corrected chi connectivity index (χ1v) is 9.07. The van der Waals surface area contributed by atoms with Crippen molar-refractivity contribution in [1.82, 2.24) is 9.88 Å². The highest BCUT2D eigenvalue weighted by Crippen LogP contribution is 2.29. The van der Waals surface area contributed by atoms with Crippen molar-refractivity contribution >= 4 is 32.9 Å². The van der Waals surface area contributed by atoms with Crippen molar-refractivity contribution in [2.45, 2.75) is 6.54 Å². The van der Waals surface area contributed by atoms with E-state index in [0.717, 1.165) is 43.2 Å². The summed E-state index contributed by atoms with van der Waals surface area (Å²) in [6.07, 6.45) is 0. The standard InChI is InChI=1S/C18H18N4O2S/c23-22(24)16-7-3-2-6-15(16)21-11-9-20(10-12-21)13-18-19-14-5-1-4-8-17(14)25-18/h1-8H,9-13H2. The van der Waals surface area contributed by atoms with Crippen LogP contribution < -0.4 is 4.90 Å². The Balaban J connectivity index is 1.42. The normalized spacial score (nSPS) is 15.6. The van der Waals surface area contributed by atoms with E-state index in [-0.39, 0.29) is 10.6 Å². The molecule has 0 unspecified atom stereocenters. The van der Waals surface area contributed by atoms with Crippen LogP contribution in [0.15, 0.2) is 48.5 Å². The maximum Gasteiger partial charge on any atom is 0.292 e. The first-order valence-electron chi connectivity index (χ1n) is 8.26. The predicted molar refractivity (Wildman–Crippen MR) is 100 cm³/mol. The zero-order chi connectivity index (χ0) is 17.2. The van der Waals surface area contributed by atoms with Crippen molar-refractivity contribution in [1.29, 1.82) is 0 Å². The van der Waals surface area contributed by atoms with Crippen LogP contribution in [0, 0.1) is 10.1 Å². The number of anilines is 1. The van der Waals surface area contributed by atoms with E-state index >= 15 is 0 Å². The summed E-state index contributed by atoms with van der Waals surface area (Å²) in [6.45, 7) is 4.17. The molecule has 1 aliphatic rings. The van der Waals surface area contributed by atoms with Crippen LogP contribution in [0.5, 0.6) is 0 Å². The molecule has 0 saturated carbocycles. The number of nitro groups is 1. The summed E-state index contributed by atoms with van der Waals surface area (Å²) in [5.41, 5.74) is 1.95. The Morgan fingerprint density at radius 2 is 1.76 bits per heavy atom. The molecular weight excluding hydrogens is 336 g/mol. The molecule has 1 aromatic heterocycles. The van der Waals surface area contributed by atoms with Gasteiger partial charge in [-0.2, -0.15) is 0 Å². The molecule has 0 bridgehead atoms. The minimum absolute atomic E-state index is 0.183. The van der Waals surface area contributed by atoms with E-state index in [1.54, 1.807) is 23.5 Å². The number of para-hydroxylation sites is 3. The molecular formula is C18H18N4O2S. The van der Waals surface area contributed by atoms with Crippen LogP contribution in [0.3, 0.4) is 0 Å². The zero-order valence-electron chi connectivity index (χ0n) is 13.7. The number of piperazine rings is 1. The summed E-state index contributed by atoms with van der Waals surface area (Å²) in [5.74, 6) is 0. The SMILES string of the molecule is O=[N+]([O-])c1ccccc1N1CCN(Cc2nc3ccccc3s2)CC1. The summed E-state index contributed by atoms with van der Waals surface area (Å²) in [4.78, 5) is 20.1. The molecule has 3 aromatic rings. The van der Waals surface area contributed by atoms with Gasteiger partial charge in [-0.15, -0.1) is 11.3 Å². The van der Waals surface area contributed by atoms with E-state index in [4.69, 9.17) is 4.98 Å². The maximum absolute atomic E-state index is 11.2. The maximum atomic E-state index is 11.2. The van der Waals surface area contributed by atoms with Gasteiger partial charge in [0.25, 0.3) is 5.69 Å². The van der Waals surface area contributed by atoms with E-state index < -0.39 is 0 Å². The summed E-state index contributed by atoms with van der Waals surface area (Å²) < 4.78 is 1.22. The van der Waals surface area contributed by atoms with Gasteiger partial charge in [-0.3, -0.25) is 15.0 Å². The van der Waals surface area contributed by atoms with Crippen molar-refractivity contribution in [3.8, 4) is 0 Å². The number of fused-ring (bicyclic) bond motifs is 1. The lowest BCUT2D eigenvalue weighted by atomic mass is 10.2. The number of nitro benzene ring substituents is 1. The van der Waals surface area contributed by atoms with Crippen LogP contribution in [0.1, 0.15) is 5.01 Å². The molecule has 25 heavy (non-hydrogen) atoms. The fourth-order valence-electron chi connectivity index (χ4n) is 3.21. The van der Waals surface area contributed by atoms with Gasteiger partial charge in [-0.05, 0) is 18.2 Å². The van der Waals surface area contributed by atoms with Gasteiger partial charge in [0, 0.05) is 32.2 Å². The number of thiazole rings is 1. The van der Waals surface area contributed by atoms with Crippen LogP contribution >= 0.6 is 11.3 Å². The van der Waals surface area contributed by atoms with Crippen molar-refractivity contribution in [3.05, 3.63) is 63.7 Å². The van der Waals surface area contributed by atoms with Gasteiger partial charge in [0.1, 0.15) is 10.7 Å². The zero-order valence-corrected chi connectivity index (χ0v) is 14.5. The number of nitrogens with zero attached hydrogens (tertiary/aromatic N) is 4. The Labute approximate surface area is 149 Å². The van der Waals surface area contributed by atoms with Crippen molar-refractivity contribution in [3.63, 3.8) is 0 Å². The molecule has 2 heterocycles. The van der Waals surface area contributed by atoms with Crippen LogP contribution in [-0.2, 0) is 6.54 Å². The largest absolute Gasteiger partial charge is 0.363 e. The smallest absolute Gasteiger partial charge is 0.292 e. The Morgan fingerprint density at radius 1 is 1.04 bits per heavy atom. The average Bonchev–Trinajstić information content (AvgIpc) is 3.04. The second-order valence-electron chi connectivity index (χ2n) is 6.08. The first kappa shape index (κ1) is 16.0. The predicted octanol–water partition coefficient (Wildman–Crippen LogP) is 3.53. The van der Waals surface area contributed by atoms with Gasteiger partial charge in [-0.1, -0.05) is 24.3 Å². The third kappa shape index (κ3) is 3.33. The van der Waals surface area contributed by atoms with Crippen molar-refractivity contribution < 1.29 is 4.92 Å². The molecule has 1 saturated heterocycles. The van der Waals surface area contributed by atoms with Gasteiger partial charge in [0.15, 0.2) is 0 Å². The topological polar surface area (TPSA) is 62.5 Å².